The quantitative estimate of drug-likeness (QED) is 0.745. The van der Waals surface area contributed by atoms with Gasteiger partial charge in [-0.3, -0.25) is 9.59 Å². The summed E-state index contributed by atoms with van der Waals surface area (Å²) in [6.07, 6.45) is 0. The molecule has 2 amide bonds. The van der Waals surface area contributed by atoms with Crippen molar-refractivity contribution in [2.24, 2.45) is 0 Å². The number of thioether (sulfide) groups is 1. The van der Waals surface area contributed by atoms with Crippen LogP contribution in [0.1, 0.15) is 11.1 Å². The smallest absolute Gasteiger partial charge is 0.252 e. The lowest BCUT2D eigenvalue weighted by molar-refractivity contribution is -0.123. The summed E-state index contributed by atoms with van der Waals surface area (Å²) in [7, 11) is -0.669. The van der Waals surface area contributed by atoms with E-state index in [-0.39, 0.29) is 28.3 Å². The minimum atomic E-state index is -3.59. The molecule has 1 N–H and O–H groups in total. The molecule has 0 spiro atoms. The molecule has 0 saturated heterocycles. The van der Waals surface area contributed by atoms with Crippen LogP contribution in [0.5, 0.6) is 0 Å². The molecule has 3 rings (SSSR count). The number of thiophene rings is 1. The first-order chi connectivity index (χ1) is 13.2. The van der Waals surface area contributed by atoms with Gasteiger partial charge in [0, 0.05) is 20.6 Å². The van der Waals surface area contributed by atoms with Crippen LogP contribution in [-0.2, 0) is 26.2 Å². The van der Waals surface area contributed by atoms with Gasteiger partial charge in [-0.1, -0.05) is 24.3 Å². The normalized spacial score (nSPS) is 14.3. The lowest BCUT2D eigenvalue weighted by Crippen LogP contribution is -2.42. The maximum atomic E-state index is 12.4. The molecule has 7 nitrogen and oxygen atoms in total. The third-order valence-corrected chi connectivity index (χ3v) is 9.00. The van der Waals surface area contributed by atoms with E-state index in [0.717, 1.165) is 31.0 Å². The molecule has 28 heavy (non-hydrogen) atoms. The second-order valence-electron chi connectivity index (χ2n) is 6.50. The number of sulfonamides is 1. The van der Waals surface area contributed by atoms with Crippen LogP contribution in [0.25, 0.3) is 0 Å². The highest BCUT2D eigenvalue weighted by molar-refractivity contribution is 8.02. The molecule has 150 valence electrons. The number of nitrogens with one attached hydrogen (secondary N) is 1. The zero-order chi connectivity index (χ0) is 20.5. The van der Waals surface area contributed by atoms with Crippen molar-refractivity contribution in [1.29, 1.82) is 0 Å². The van der Waals surface area contributed by atoms with E-state index in [9.17, 15) is 18.0 Å². The molecule has 10 heteroatoms. The summed E-state index contributed by atoms with van der Waals surface area (Å²) in [4.78, 5) is 26.2. The second-order valence-corrected chi connectivity index (χ2v) is 11.2. The number of aryl methyl sites for hydroxylation is 1. The summed E-state index contributed by atoms with van der Waals surface area (Å²) in [5.41, 5.74) is 2.57. The lowest BCUT2D eigenvalue weighted by atomic mass is 10.1. The Labute approximate surface area is 172 Å². The molecular weight excluding hydrogens is 418 g/mol. The van der Waals surface area contributed by atoms with Crippen LogP contribution < -0.4 is 10.2 Å². The van der Waals surface area contributed by atoms with E-state index in [1.54, 1.807) is 0 Å². The van der Waals surface area contributed by atoms with Crippen LogP contribution in [0.15, 0.2) is 38.8 Å². The van der Waals surface area contributed by atoms with Gasteiger partial charge in [-0.05, 0) is 24.1 Å². The van der Waals surface area contributed by atoms with Crippen molar-refractivity contribution in [3.63, 3.8) is 0 Å². The predicted molar refractivity (Wildman–Crippen MR) is 111 cm³/mol. The molecular formula is C18H21N3O4S3. The van der Waals surface area contributed by atoms with E-state index in [0.29, 0.717) is 12.2 Å². The number of fused-ring (bicyclic) bond motifs is 1. The molecule has 1 aromatic carbocycles. The summed E-state index contributed by atoms with van der Waals surface area (Å²) in [6, 6.07) is 9.23. The molecule has 1 aliphatic rings. The van der Waals surface area contributed by atoms with Crippen LogP contribution in [-0.4, -0.2) is 50.9 Å². The van der Waals surface area contributed by atoms with Gasteiger partial charge in [0.2, 0.25) is 11.8 Å². The molecule has 0 atom stereocenters. The fourth-order valence-corrected chi connectivity index (χ4v) is 6.59. The third kappa shape index (κ3) is 4.24. The van der Waals surface area contributed by atoms with Gasteiger partial charge >= 0.3 is 0 Å². The highest BCUT2D eigenvalue weighted by atomic mass is 32.3. The zero-order valence-electron chi connectivity index (χ0n) is 15.8. The summed E-state index contributed by atoms with van der Waals surface area (Å²) in [5, 5.41) is 2.83. The van der Waals surface area contributed by atoms with Crippen LogP contribution in [0.4, 0.5) is 5.69 Å². The first-order valence-corrected chi connectivity index (χ1v) is 11.7. The van der Waals surface area contributed by atoms with E-state index < -0.39 is 10.0 Å². The molecule has 0 radical (unpaired) electrons. The molecule has 2 aromatic rings. The second kappa shape index (κ2) is 8.24. The number of carbonyl (C=O) groups excluding carboxylic acids is 2. The number of benzene rings is 1. The van der Waals surface area contributed by atoms with E-state index in [1.807, 2.05) is 31.2 Å². The number of hydrogen-bond acceptors (Lipinski definition) is 6. The van der Waals surface area contributed by atoms with Crippen molar-refractivity contribution in [2.75, 3.05) is 31.3 Å². The number of rotatable bonds is 6. The van der Waals surface area contributed by atoms with Crippen LogP contribution in [0.3, 0.4) is 0 Å². The summed E-state index contributed by atoms with van der Waals surface area (Å²) < 4.78 is 26.8. The Morgan fingerprint density at radius 3 is 2.68 bits per heavy atom. The molecule has 0 aliphatic carbocycles. The molecule has 1 aliphatic heterocycles. The molecule has 0 unspecified atom stereocenters. The van der Waals surface area contributed by atoms with Gasteiger partial charge in [0.05, 0.1) is 15.6 Å². The fraction of sp³-hybridized carbons (Fsp3) is 0.333. The van der Waals surface area contributed by atoms with Crippen molar-refractivity contribution in [3.05, 3.63) is 41.5 Å². The lowest BCUT2D eigenvalue weighted by Gasteiger charge is -2.25. The van der Waals surface area contributed by atoms with E-state index in [1.165, 1.54) is 36.8 Å². The van der Waals surface area contributed by atoms with Crippen molar-refractivity contribution in [1.82, 2.24) is 9.62 Å². The van der Waals surface area contributed by atoms with Crippen molar-refractivity contribution < 1.29 is 18.0 Å². The Morgan fingerprint density at radius 2 is 2.00 bits per heavy atom. The molecule has 1 aromatic heterocycles. The van der Waals surface area contributed by atoms with E-state index >= 15 is 0 Å². The number of carbonyl (C=O) groups is 2. The monoisotopic (exact) mass is 439 g/mol. The van der Waals surface area contributed by atoms with Gasteiger partial charge in [0.1, 0.15) is 10.8 Å². The van der Waals surface area contributed by atoms with Crippen molar-refractivity contribution >= 4 is 50.6 Å². The Hall–Kier alpha value is -1.88. The number of hydrogen-bond donors (Lipinski definition) is 1. The van der Waals surface area contributed by atoms with Gasteiger partial charge in [0.15, 0.2) is 0 Å². The van der Waals surface area contributed by atoms with Crippen LogP contribution in [0, 0.1) is 6.92 Å². The number of nitrogens with zero attached hydrogens (tertiary/aromatic N) is 2. The van der Waals surface area contributed by atoms with Gasteiger partial charge in [-0.15, -0.1) is 23.1 Å². The van der Waals surface area contributed by atoms with E-state index in [4.69, 9.17) is 0 Å². The average Bonchev–Trinajstić information content (AvgIpc) is 3.08. The van der Waals surface area contributed by atoms with Crippen molar-refractivity contribution in [2.45, 2.75) is 21.9 Å². The van der Waals surface area contributed by atoms with E-state index in [2.05, 4.69) is 5.32 Å². The average molecular weight is 440 g/mol. The highest BCUT2D eigenvalue weighted by Gasteiger charge is 2.32. The Bertz CT molecular complexity index is 1010. The van der Waals surface area contributed by atoms with Gasteiger partial charge < -0.3 is 10.2 Å². The highest BCUT2D eigenvalue weighted by Crippen LogP contribution is 2.43. The van der Waals surface area contributed by atoms with Crippen LogP contribution in [0.2, 0.25) is 0 Å². The minimum absolute atomic E-state index is 0.142. The molecule has 0 fully saturated rings. The molecule has 0 saturated carbocycles. The Morgan fingerprint density at radius 1 is 1.29 bits per heavy atom. The first-order valence-electron chi connectivity index (χ1n) is 8.51. The van der Waals surface area contributed by atoms with Gasteiger partial charge in [0.25, 0.3) is 10.0 Å². The maximum Gasteiger partial charge on any atom is 0.252 e. The first kappa shape index (κ1) is 20.8. The Kier molecular flexibility index (Phi) is 6.13. The standard InChI is InChI=1S/C18H21N3O4S3/c1-12-6-4-5-7-13(12)9-19-15(22)10-21-14-8-17(28(24,25)20(2)3)27-18(14)26-11-16(21)23/h4-8H,9-11H2,1-3H3,(H,19,22). The maximum absolute atomic E-state index is 12.4. The molecule has 0 bridgehead atoms. The van der Waals surface area contributed by atoms with Gasteiger partial charge in [-0.2, -0.15) is 0 Å². The third-order valence-electron chi connectivity index (χ3n) is 4.35. The summed E-state index contributed by atoms with van der Waals surface area (Å²) in [5.74, 6) is -0.326. The van der Waals surface area contributed by atoms with Crippen LogP contribution >= 0.6 is 23.1 Å². The Balaban J connectivity index is 1.76. The predicted octanol–water partition coefficient (Wildman–Crippen LogP) is 2.06. The topological polar surface area (TPSA) is 86.8 Å². The largest absolute Gasteiger partial charge is 0.350 e. The number of anilines is 1. The summed E-state index contributed by atoms with van der Waals surface area (Å²) >= 11 is 2.42. The van der Waals surface area contributed by atoms with Crippen molar-refractivity contribution in [3.8, 4) is 0 Å². The zero-order valence-corrected chi connectivity index (χ0v) is 18.2. The summed E-state index contributed by atoms with van der Waals surface area (Å²) in [6.45, 7) is 2.20. The van der Waals surface area contributed by atoms with Gasteiger partial charge in [-0.25, -0.2) is 12.7 Å². The SMILES string of the molecule is Cc1ccccc1CNC(=O)CN1C(=O)CSc2sc(S(=O)(=O)N(C)C)cc21. The minimum Gasteiger partial charge on any atom is -0.350 e. The number of amides is 2. The fourth-order valence-electron chi connectivity index (χ4n) is 2.66. The molecule has 2 heterocycles.